The summed E-state index contributed by atoms with van der Waals surface area (Å²) in [6.45, 7) is 5.34. The van der Waals surface area contributed by atoms with Gasteiger partial charge in [-0.05, 0) is 68.3 Å². The normalized spacial score (nSPS) is 11.0. The predicted octanol–water partition coefficient (Wildman–Crippen LogP) is 3.70. The summed E-state index contributed by atoms with van der Waals surface area (Å²) in [5.74, 6) is -1.11. The number of sulfonamides is 1. The van der Waals surface area contributed by atoms with Gasteiger partial charge in [-0.2, -0.15) is 0 Å². The van der Waals surface area contributed by atoms with E-state index in [0.29, 0.717) is 10.4 Å². The third kappa shape index (κ3) is 5.85. The van der Waals surface area contributed by atoms with Crippen molar-refractivity contribution in [2.75, 3.05) is 4.72 Å². The SMILES string of the molecule is CCc1sc(C(=O)NNC(=O)c2ccc(NS(=O)(=O)c3ccc(C(C)=O)cc3)cc2)cc1C. The van der Waals surface area contributed by atoms with Gasteiger partial charge in [-0.15, -0.1) is 11.3 Å². The molecule has 10 heteroatoms. The van der Waals surface area contributed by atoms with Crippen molar-refractivity contribution >= 4 is 44.6 Å². The van der Waals surface area contributed by atoms with Crippen LogP contribution < -0.4 is 15.6 Å². The summed E-state index contributed by atoms with van der Waals surface area (Å²) in [5.41, 5.74) is 6.68. The molecule has 0 aliphatic heterocycles. The fourth-order valence-electron chi connectivity index (χ4n) is 3.00. The second-order valence-corrected chi connectivity index (χ2v) is 10.1. The molecule has 8 nitrogen and oxygen atoms in total. The standard InChI is InChI=1S/C23H23N3O5S2/c1-4-20-14(2)13-21(32-20)23(29)25-24-22(28)17-5-9-18(10-6-17)26-33(30,31)19-11-7-16(8-12-19)15(3)27/h5-13,26H,4H2,1-3H3,(H,24,28)(H,25,29). The maximum Gasteiger partial charge on any atom is 0.279 e. The number of aryl methyl sites for hydroxylation is 2. The van der Waals surface area contributed by atoms with Crippen LogP contribution in [0.5, 0.6) is 0 Å². The first-order chi connectivity index (χ1) is 15.6. The summed E-state index contributed by atoms with van der Waals surface area (Å²) in [4.78, 5) is 37.5. The zero-order chi connectivity index (χ0) is 24.2. The van der Waals surface area contributed by atoms with Crippen LogP contribution in [-0.4, -0.2) is 26.0 Å². The van der Waals surface area contributed by atoms with Crippen LogP contribution in [0.1, 0.15) is 54.7 Å². The van der Waals surface area contributed by atoms with Crippen molar-refractivity contribution in [3.63, 3.8) is 0 Å². The highest BCUT2D eigenvalue weighted by Crippen LogP contribution is 2.22. The Morgan fingerprint density at radius 1 is 0.879 bits per heavy atom. The summed E-state index contributed by atoms with van der Waals surface area (Å²) in [6.07, 6.45) is 0.829. The molecule has 172 valence electrons. The van der Waals surface area contributed by atoms with Gasteiger partial charge in [0, 0.05) is 21.7 Å². The van der Waals surface area contributed by atoms with Crippen molar-refractivity contribution in [1.29, 1.82) is 0 Å². The molecule has 0 spiro atoms. The zero-order valence-corrected chi connectivity index (χ0v) is 19.9. The molecule has 0 radical (unpaired) electrons. The molecule has 3 N–H and O–H groups in total. The van der Waals surface area contributed by atoms with E-state index in [9.17, 15) is 22.8 Å². The summed E-state index contributed by atoms with van der Waals surface area (Å²) in [6, 6.07) is 13.1. The Morgan fingerprint density at radius 3 is 2.00 bits per heavy atom. The molecule has 0 aliphatic rings. The second kappa shape index (κ2) is 9.97. The number of carbonyl (C=O) groups is 3. The zero-order valence-electron chi connectivity index (χ0n) is 18.3. The smallest absolute Gasteiger partial charge is 0.279 e. The molecule has 2 aromatic carbocycles. The van der Waals surface area contributed by atoms with E-state index < -0.39 is 21.8 Å². The maximum absolute atomic E-state index is 12.5. The number of rotatable bonds is 7. The minimum absolute atomic E-state index is 0.00655. The monoisotopic (exact) mass is 485 g/mol. The Balaban J connectivity index is 1.61. The average molecular weight is 486 g/mol. The molecule has 0 bridgehead atoms. The van der Waals surface area contributed by atoms with Crippen LogP contribution in [0.15, 0.2) is 59.5 Å². The van der Waals surface area contributed by atoms with Crippen molar-refractivity contribution in [2.24, 2.45) is 0 Å². The molecule has 33 heavy (non-hydrogen) atoms. The van der Waals surface area contributed by atoms with Crippen LogP contribution in [0.4, 0.5) is 5.69 Å². The molecule has 0 saturated heterocycles. The number of amides is 2. The van der Waals surface area contributed by atoms with Crippen LogP contribution in [0.2, 0.25) is 0 Å². The Labute approximate surface area is 196 Å². The molecule has 1 aromatic heterocycles. The second-order valence-electron chi connectivity index (χ2n) is 7.24. The molecular formula is C23H23N3O5S2. The van der Waals surface area contributed by atoms with E-state index in [1.54, 1.807) is 6.07 Å². The lowest BCUT2D eigenvalue weighted by Crippen LogP contribution is -2.41. The van der Waals surface area contributed by atoms with Gasteiger partial charge in [-0.1, -0.05) is 19.1 Å². The number of carbonyl (C=O) groups excluding carboxylic acids is 3. The number of hydrogen-bond donors (Lipinski definition) is 3. The number of Topliss-reactive ketones (excluding diaryl/α,β-unsaturated/α-hetero) is 1. The molecule has 3 rings (SSSR count). The minimum atomic E-state index is -3.86. The van der Waals surface area contributed by atoms with Crippen molar-refractivity contribution < 1.29 is 22.8 Å². The van der Waals surface area contributed by atoms with Gasteiger partial charge in [0.25, 0.3) is 21.8 Å². The average Bonchev–Trinajstić information content (AvgIpc) is 3.18. The first-order valence-corrected chi connectivity index (χ1v) is 12.3. The van der Waals surface area contributed by atoms with Crippen LogP contribution >= 0.6 is 11.3 Å². The van der Waals surface area contributed by atoms with Crippen LogP contribution in [0, 0.1) is 6.92 Å². The summed E-state index contributed by atoms with van der Waals surface area (Å²) in [5, 5.41) is 0. The van der Waals surface area contributed by atoms with E-state index >= 15 is 0 Å². The lowest BCUT2D eigenvalue weighted by atomic mass is 10.2. The third-order valence-corrected chi connectivity index (χ3v) is 7.60. The molecule has 2 amide bonds. The van der Waals surface area contributed by atoms with Gasteiger partial charge < -0.3 is 0 Å². The Hall–Kier alpha value is -3.50. The van der Waals surface area contributed by atoms with Crippen molar-refractivity contribution in [3.05, 3.63) is 81.0 Å². The highest BCUT2D eigenvalue weighted by Gasteiger charge is 2.16. The van der Waals surface area contributed by atoms with Crippen LogP contribution in [-0.2, 0) is 16.4 Å². The Bertz CT molecular complexity index is 1290. The van der Waals surface area contributed by atoms with Gasteiger partial charge >= 0.3 is 0 Å². The molecule has 0 saturated carbocycles. The Morgan fingerprint density at radius 2 is 1.45 bits per heavy atom. The van der Waals surface area contributed by atoms with Crippen molar-refractivity contribution in [3.8, 4) is 0 Å². The van der Waals surface area contributed by atoms with Gasteiger partial charge in [-0.25, -0.2) is 8.42 Å². The van der Waals surface area contributed by atoms with E-state index in [-0.39, 0.29) is 21.9 Å². The fraction of sp³-hybridized carbons (Fsp3) is 0.174. The van der Waals surface area contributed by atoms with Gasteiger partial charge in [-0.3, -0.25) is 30.0 Å². The van der Waals surface area contributed by atoms with Crippen molar-refractivity contribution in [1.82, 2.24) is 10.9 Å². The number of anilines is 1. The van der Waals surface area contributed by atoms with Crippen molar-refractivity contribution in [2.45, 2.75) is 32.1 Å². The van der Waals surface area contributed by atoms with E-state index in [0.717, 1.165) is 16.9 Å². The first-order valence-electron chi connectivity index (χ1n) is 10.0. The minimum Gasteiger partial charge on any atom is -0.295 e. The van der Waals surface area contributed by atoms with Gasteiger partial charge in [0.15, 0.2) is 5.78 Å². The van der Waals surface area contributed by atoms with E-state index in [2.05, 4.69) is 15.6 Å². The molecule has 0 aliphatic carbocycles. The third-order valence-electron chi connectivity index (χ3n) is 4.83. The fourth-order valence-corrected chi connectivity index (χ4v) is 5.07. The highest BCUT2D eigenvalue weighted by atomic mass is 32.2. The number of hydrazine groups is 1. The topological polar surface area (TPSA) is 121 Å². The number of thiophene rings is 1. The van der Waals surface area contributed by atoms with Gasteiger partial charge in [0.2, 0.25) is 0 Å². The lowest BCUT2D eigenvalue weighted by Gasteiger charge is -2.10. The maximum atomic E-state index is 12.5. The van der Waals surface area contributed by atoms with E-state index in [1.165, 1.54) is 66.8 Å². The molecule has 1 heterocycles. The molecule has 0 fully saturated rings. The number of nitrogens with one attached hydrogen (secondary N) is 3. The van der Waals surface area contributed by atoms with E-state index in [4.69, 9.17) is 0 Å². The largest absolute Gasteiger partial charge is 0.295 e. The quantitative estimate of drug-likeness (QED) is 0.348. The van der Waals surface area contributed by atoms with Crippen LogP contribution in [0.25, 0.3) is 0 Å². The Kier molecular flexibility index (Phi) is 7.29. The first kappa shape index (κ1) is 24.1. The molecule has 0 atom stereocenters. The van der Waals surface area contributed by atoms with Gasteiger partial charge in [0.1, 0.15) is 0 Å². The molecular weight excluding hydrogens is 462 g/mol. The van der Waals surface area contributed by atoms with Crippen LogP contribution in [0.3, 0.4) is 0 Å². The highest BCUT2D eigenvalue weighted by molar-refractivity contribution is 7.92. The summed E-state index contributed by atoms with van der Waals surface area (Å²) >= 11 is 1.38. The number of benzene rings is 2. The molecule has 3 aromatic rings. The number of ketones is 1. The predicted molar refractivity (Wildman–Crippen MR) is 127 cm³/mol. The van der Waals surface area contributed by atoms with E-state index in [1.807, 2.05) is 13.8 Å². The lowest BCUT2D eigenvalue weighted by molar-refractivity contribution is 0.0849. The number of hydrogen-bond acceptors (Lipinski definition) is 6. The molecule has 0 unspecified atom stereocenters. The summed E-state index contributed by atoms with van der Waals surface area (Å²) in [7, 11) is -3.86. The van der Waals surface area contributed by atoms with Gasteiger partial charge in [0.05, 0.1) is 9.77 Å². The summed E-state index contributed by atoms with van der Waals surface area (Å²) < 4.78 is 27.5.